The number of thiocarbonyl (C=S) groups is 1. The second kappa shape index (κ2) is 9.25. The van der Waals surface area contributed by atoms with Crippen LogP contribution >= 0.6 is 12.2 Å². The van der Waals surface area contributed by atoms with Crippen molar-refractivity contribution >= 4 is 23.0 Å². The van der Waals surface area contributed by atoms with Gasteiger partial charge in [0.25, 0.3) is 0 Å². The van der Waals surface area contributed by atoms with E-state index in [0.717, 1.165) is 17.2 Å². The summed E-state index contributed by atoms with van der Waals surface area (Å²) in [6, 6.07) is 15.9. The number of benzene rings is 2. The molecule has 0 unspecified atom stereocenters. The van der Waals surface area contributed by atoms with E-state index in [1.165, 1.54) is 5.56 Å². The van der Waals surface area contributed by atoms with Crippen LogP contribution in [-0.2, 0) is 0 Å². The van der Waals surface area contributed by atoms with Crippen molar-refractivity contribution in [2.24, 2.45) is 0 Å². The Hall–Kier alpha value is -2.31. The summed E-state index contributed by atoms with van der Waals surface area (Å²) in [7, 11) is 7.41. The zero-order valence-corrected chi connectivity index (χ0v) is 15.9. The fraction of sp³-hybridized carbons (Fsp3) is 0.316. The predicted octanol–water partition coefficient (Wildman–Crippen LogP) is 3.29. The van der Waals surface area contributed by atoms with Gasteiger partial charge in [-0.15, -0.1) is 0 Å². The monoisotopic (exact) mass is 359 g/mol. The smallest absolute Gasteiger partial charge is 0.170 e. The van der Waals surface area contributed by atoms with Crippen LogP contribution in [0.25, 0.3) is 0 Å². The summed E-state index contributed by atoms with van der Waals surface area (Å²) in [6.45, 7) is 0.677. The summed E-state index contributed by atoms with van der Waals surface area (Å²) < 4.78 is 10.5. The van der Waals surface area contributed by atoms with Gasteiger partial charge in [-0.05, 0) is 56.1 Å². The molecular formula is C19H25N3O2S. The van der Waals surface area contributed by atoms with E-state index in [-0.39, 0.29) is 6.04 Å². The van der Waals surface area contributed by atoms with Crippen molar-refractivity contribution in [2.45, 2.75) is 6.04 Å². The summed E-state index contributed by atoms with van der Waals surface area (Å²) in [5.41, 5.74) is 2.06. The lowest BCUT2D eigenvalue weighted by molar-refractivity contribution is 0.298. The maximum atomic E-state index is 5.41. The van der Waals surface area contributed by atoms with Crippen LogP contribution in [-0.4, -0.2) is 44.9 Å². The number of anilines is 1. The van der Waals surface area contributed by atoms with Gasteiger partial charge in [0.1, 0.15) is 11.5 Å². The molecule has 2 aromatic rings. The molecule has 0 amide bonds. The highest BCUT2D eigenvalue weighted by atomic mass is 32.1. The first-order valence-electron chi connectivity index (χ1n) is 8.02. The molecule has 0 aromatic heterocycles. The van der Waals surface area contributed by atoms with Crippen molar-refractivity contribution in [3.8, 4) is 11.5 Å². The second-order valence-corrected chi connectivity index (χ2v) is 6.23. The van der Waals surface area contributed by atoms with Crippen molar-refractivity contribution in [3.05, 3.63) is 54.1 Å². The molecule has 0 bridgehead atoms. The number of likely N-dealkylation sites (N-methyl/N-ethyl adjacent to an activating group) is 1. The van der Waals surface area contributed by atoms with Gasteiger partial charge in [-0.1, -0.05) is 18.2 Å². The highest BCUT2D eigenvalue weighted by Crippen LogP contribution is 2.22. The van der Waals surface area contributed by atoms with Crippen LogP contribution in [0.5, 0.6) is 11.5 Å². The molecule has 0 radical (unpaired) electrons. The van der Waals surface area contributed by atoms with Gasteiger partial charge in [0.2, 0.25) is 0 Å². The SMILES string of the molecule is COc1cccc(NC(=S)NC[C@@H](c2cccc(OC)c2)N(C)C)c1. The lowest BCUT2D eigenvalue weighted by atomic mass is 10.1. The Labute approximate surface area is 154 Å². The van der Waals surface area contributed by atoms with Gasteiger partial charge in [-0.2, -0.15) is 0 Å². The van der Waals surface area contributed by atoms with Crippen LogP contribution in [0.3, 0.4) is 0 Å². The summed E-state index contributed by atoms with van der Waals surface area (Å²) in [5.74, 6) is 1.64. The zero-order chi connectivity index (χ0) is 18.2. The summed E-state index contributed by atoms with van der Waals surface area (Å²) in [6.07, 6.45) is 0. The highest BCUT2D eigenvalue weighted by Gasteiger charge is 2.15. The molecule has 0 heterocycles. The minimum atomic E-state index is 0.167. The number of methoxy groups -OCH3 is 2. The number of rotatable bonds is 7. The summed E-state index contributed by atoms with van der Waals surface area (Å²) in [5, 5.41) is 7.04. The molecule has 0 fully saturated rings. The molecule has 2 aromatic carbocycles. The van der Waals surface area contributed by atoms with E-state index in [9.17, 15) is 0 Å². The third kappa shape index (κ3) is 5.62. The Morgan fingerprint density at radius 3 is 2.32 bits per heavy atom. The maximum absolute atomic E-state index is 5.41. The van der Waals surface area contributed by atoms with Crippen LogP contribution < -0.4 is 20.1 Å². The minimum Gasteiger partial charge on any atom is -0.497 e. The van der Waals surface area contributed by atoms with E-state index in [2.05, 4.69) is 21.6 Å². The van der Waals surface area contributed by atoms with E-state index >= 15 is 0 Å². The van der Waals surface area contributed by atoms with E-state index < -0.39 is 0 Å². The lowest BCUT2D eigenvalue weighted by Crippen LogP contribution is -2.36. The normalized spacial score (nSPS) is 11.7. The molecule has 0 aliphatic rings. The van der Waals surface area contributed by atoms with Crippen molar-refractivity contribution in [3.63, 3.8) is 0 Å². The van der Waals surface area contributed by atoms with E-state index in [1.807, 2.05) is 56.6 Å². The molecule has 0 saturated carbocycles. The Balaban J connectivity index is 1.99. The minimum absolute atomic E-state index is 0.167. The highest BCUT2D eigenvalue weighted by molar-refractivity contribution is 7.80. The van der Waals surface area contributed by atoms with Crippen molar-refractivity contribution < 1.29 is 9.47 Å². The molecule has 0 aliphatic carbocycles. The van der Waals surface area contributed by atoms with E-state index in [1.54, 1.807) is 14.2 Å². The molecule has 2 N–H and O–H groups in total. The van der Waals surface area contributed by atoms with E-state index in [4.69, 9.17) is 21.7 Å². The van der Waals surface area contributed by atoms with Crippen LogP contribution in [0.1, 0.15) is 11.6 Å². The Kier molecular flexibility index (Phi) is 7.03. The van der Waals surface area contributed by atoms with Gasteiger partial charge in [0.05, 0.1) is 20.3 Å². The van der Waals surface area contributed by atoms with Crippen LogP contribution in [0.15, 0.2) is 48.5 Å². The topological polar surface area (TPSA) is 45.8 Å². The fourth-order valence-corrected chi connectivity index (χ4v) is 2.71. The number of nitrogens with one attached hydrogen (secondary N) is 2. The number of hydrogen-bond acceptors (Lipinski definition) is 4. The van der Waals surface area contributed by atoms with Crippen molar-refractivity contribution in [1.29, 1.82) is 0 Å². The van der Waals surface area contributed by atoms with Crippen LogP contribution in [0.4, 0.5) is 5.69 Å². The summed E-state index contributed by atoms with van der Waals surface area (Å²) in [4.78, 5) is 2.15. The zero-order valence-electron chi connectivity index (χ0n) is 15.1. The van der Waals surface area contributed by atoms with Gasteiger partial charge >= 0.3 is 0 Å². The number of nitrogens with zero attached hydrogens (tertiary/aromatic N) is 1. The standard InChI is InChI=1S/C19H25N3O2S/c1-22(2)18(14-7-5-9-16(11-14)23-3)13-20-19(25)21-15-8-6-10-17(12-15)24-4/h5-12,18H,13H2,1-4H3,(H2,20,21,25)/t18-/m0/s1. The molecule has 0 saturated heterocycles. The molecule has 5 nitrogen and oxygen atoms in total. The van der Waals surface area contributed by atoms with E-state index in [0.29, 0.717) is 11.7 Å². The molecule has 6 heteroatoms. The molecular weight excluding hydrogens is 334 g/mol. The average molecular weight is 359 g/mol. The molecule has 134 valence electrons. The Morgan fingerprint density at radius 2 is 1.68 bits per heavy atom. The van der Waals surface area contributed by atoms with Crippen molar-refractivity contribution in [1.82, 2.24) is 10.2 Å². The summed E-state index contributed by atoms with van der Waals surface area (Å²) >= 11 is 5.41. The van der Waals surface area contributed by atoms with Crippen LogP contribution in [0, 0.1) is 0 Å². The van der Waals surface area contributed by atoms with Gasteiger partial charge in [-0.3, -0.25) is 0 Å². The predicted molar refractivity (Wildman–Crippen MR) is 107 cm³/mol. The Bertz CT molecular complexity index is 707. The largest absolute Gasteiger partial charge is 0.497 e. The molecule has 0 spiro atoms. The first-order chi connectivity index (χ1) is 12.0. The van der Waals surface area contributed by atoms with Crippen LogP contribution in [0.2, 0.25) is 0 Å². The molecule has 0 aliphatic heterocycles. The molecule has 25 heavy (non-hydrogen) atoms. The fourth-order valence-electron chi connectivity index (χ4n) is 2.51. The number of ether oxygens (including phenoxy) is 2. The van der Waals surface area contributed by atoms with Gasteiger partial charge in [0.15, 0.2) is 5.11 Å². The van der Waals surface area contributed by atoms with Gasteiger partial charge in [0, 0.05) is 18.3 Å². The molecule has 2 rings (SSSR count). The quantitative estimate of drug-likeness (QED) is 0.740. The van der Waals surface area contributed by atoms with Gasteiger partial charge in [-0.25, -0.2) is 0 Å². The lowest BCUT2D eigenvalue weighted by Gasteiger charge is -2.26. The third-order valence-electron chi connectivity index (χ3n) is 3.89. The molecule has 1 atom stereocenters. The average Bonchev–Trinajstić information content (AvgIpc) is 2.62. The Morgan fingerprint density at radius 1 is 1.04 bits per heavy atom. The van der Waals surface area contributed by atoms with Crippen molar-refractivity contribution in [2.75, 3.05) is 40.2 Å². The first-order valence-corrected chi connectivity index (χ1v) is 8.43. The first kappa shape index (κ1) is 19.0. The third-order valence-corrected chi connectivity index (χ3v) is 4.13. The number of hydrogen-bond donors (Lipinski definition) is 2. The van der Waals surface area contributed by atoms with Gasteiger partial charge < -0.3 is 25.0 Å². The second-order valence-electron chi connectivity index (χ2n) is 5.82. The maximum Gasteiger partial charge on any atom is 0.170 e.